The fraction of sp³-hybridized carbons (Fsp3) is 0.182. The van der Waals surface area contributed by atoms with Crippen LogP contribution in [-0.2, 0) is 6.18 Å². The van der Waals surface area contributed by atoms with Crippen LogP contribution in [0.1, 0.15) is 21.7 Å². The van der Waals surface area contributed by atoms with Gasteiger partial charge in [-0.3, -0.25) is 4.79 Å². The Bertz CT molecular complexity index is 653. The smallest absolute Gasteiger partial charge is 0.320 e. The van der Waals surface area contributed by atoms with Gasteiger partial charge in [0, 0.05) is 5.02 Å². The standard InChI is InChI=1S/C11H8ClF3N4O/c1-5-9(18-19-17-5)10(20)16-8-3-2-6(12)4-7(8)11(13,14)15/h2-4H,1H3,(H,16,20)(H,17,18,19). The van der Waals surface area contributed by atoms with E-state index in [2.05, 4.69) is 20.7 Å². The normalized spacial score (nSPS) is 11.4. The number of nitrogens with zero attached hydrogens (tertiary/aromatic N) is 2. The highest BCUT2D eigenvalue weighted by atomic mass is 35.5. The number of H-pyrrole nitrogens is 1. The highest BCUT2D eigenvalue weighted by Gasteiger charge is 2.34. The lowest BCUT2D eigenvalue weighted by atomic mass is 10.1. The summed E-state index contributed by atoms with van der Waals surface area (Å²) in [5, 5.41) is 11.5. The Balaban J connectivity index is 2.35. The fourth-order valence-electron chi connectivity index (χ4n) is 1.54. The molecule has 0 spiro atoms. The third-order valence-corrected chi connectivity index (χ3v) is 2.71. The molecule has 1 aromatic heterocycles. The van der Waals surface area contributed by atoms with Crippen molar-refractivity contribution in [3.05, 3.63) is 40.2 Å². The van der Waals surface area contributed by atoms with Crippen molar-refractivity contribution in [1.82, 2.24) is 15.4 Å². The van der Waals surface area contributed by atoms with Crippen LogP contribution in [0.25, 0.3) is 0 Å². The van der Waals surface area contributed by atoms with Gasteiger partial charge >= 0.3 is 6.18 Å². The molecule has 106 valence electrons. The molecular formula is C11H8ClF3N4O. The zero-order valence-corrected chi connectivity index (χ0v) is 10.8. The minimum absolute atomic E-state index is 0.0759. The van der Waals surface area contributed by atoms with Crippen molar-refractivity contribution in [1.29, 1.82) is 0 Å². The van der Waals surface area contributed by atoms with Crippen molar-refractivity contribution in [3.8, 4) is 0 Å². The molecule has 0 aliphatic heterocycles. The van der Waals surface area contributed by atoms with Crippen LogP contribution in [0.4, 0.5) is 18.9 Å². The summed E-state index contributed by atoms with van der Waals surface area (Å²) in [6, 6.07) is 3.08. The molecule has 9 heteroatoms. The molecule has 0 radical (unpaired) electrons. The van der Waals surface area contributed by atoms with Crippen molar-refractivity contribution in [2.24, 2.45) is 0 Å². The maximum Gasteiger partial charge on any atom is 0.418 e. The summed E-state index contributed by atoms with van der Waals surface area (Å²) in [6.45, 7) is 1.50. The Labute approximate surface area is 116 Å². The molecular weight excluding hydrogens is 297 g/mol. The van der Waals surface area contributed by atoms with E-state index in [0.717, 1.165) is 12.1 Å². The second kappa shape index (κ2) is 5.12. The first-order valence-electron chi connectivity index (χ1n) is 5.34. The number of hydrogen-bond donors (Lipinski definition) is 2. The second-order valence-electron chi connectivity index (χ2n) is 3.90. The molecule has 0 saturated carbocycles. The van der Waals surface area contributed by atoms with Crippen molar-refractivity contribution in [2.45, 2.75) is 13.1 Å². The van der Waals surface area contributed by atoms with Gasteiger partial charge in [-0.2, -0.15) is 28.6 Å². The third kappa shape index (κ3) is 2.90. The molecule has 0 fully saturated rings. The predicted molar refractivity (Wildman–Crippen MR) is 65.5 cm³/mol. The average Bonchev–Trinajstić information content (AvgIpc) is 2.76. The van der Waals surface area contributed by atoms with E-state index in [-0.39, 0.29) is 16.4 Å². The number of amides is 1. The summed E-state index contributed by atoms with van der Waals surface area (Å²) in [7, 11) is 0. The third-order valence-electron chi connectivity index (χ3n) is 2.47. The number of hydrogen-bond acceptors (Lipinski definition) is 3. The number of anilines is 1. The molecule has 5 nitrogen and oxygen atoms in total. The van der Waals surface area contributed by atoms with Crippen LogP contribution in [0.3, 0.4) is 0 Å². The monoisotopic (exact) mass is 304 g/mol. The van der Waals surface area contributed by atoms with Crippen LogP contribution in [-0.4, -0.2) is 21.3 Å². The minimum atomic E-state index is -4.63. The molecule has 0 saturated heterocycles. The van der Waals surface area contributed by atoms with E-state index in [1.54, 1.807) is 0 Å². The van der Waals surface area contributed by atoms with E-state index >= 15 is 0 Å². The SMILES string of the molecule is Cc1n[nH]nc1C(=O)Nc1ccc(Cl)cc1C(F)(F)F. The molecule has 0 unspecified atom stereocenters. The summed E-state index contributed by atoms with van der Waals surface area (Å²) in [6.07, 6.45) is -4.63. The summed E-state index contributed by atoms with van der Waals surface area (Å²) in [4.78, 5) is 11.8. The number of rotatable bonds is 2. The summed E-state index contributed by atoms with van der Waals surface area (Å²) in [5.74, 6) is -0.788. The molecule has 0 aliphatic carbocycles. The topological polar surface area (TPSA) is 70.7 Å². The van der Waals surface area contributed by atoms with E-state index < -0.39 is 23.3 Å². The van der Waals surface area contributed by atoms with E-state index in [9.17, 15) is 18.0 Å². The highest BCUT2D eigenvalue weighted by molar-refractivity contribution is 6.30. The summed E-state index contributed by atoms with van der Waals surface area (Å²) in [5.41, 5.74) is -1.22. The van der Waals surface area contributed by atoms with Crippen molar-refractivity contribution < 1.29 is 18.0 Å². The molecule has 2 rings (SSSR count). The van der Waals surface area contributed by atoms with Gasteiger partial charge in [0.1, 0.15) is 0 Å². The number of carbonyl (C=O) groups excluding carboxylic acids is 1. The maximum absolute atomic E-state index is 12.9. The quantitative estimate of drug-likeness (QED) is 0.896. The van der Waals surface area contributed by atoms with Gasteiger partial charge < -0.3 is 5.32 Å². The summed E-state index contributed by atoms with van der Waals surface area (Å²) < 4.78 is 38.6. The lowest BCUT2D eigenvalue weighted by Gasteiger charge is -2.13. The minimum Gasteiger partial charge on any atom is -0.320 e. The lowest BCUT2D eigenvalue weighted by Crippen LogP contribution is -2.17. The van der Waals surface area contributed by atoms with Crippen LogP contribution in [0.2, 0.25) is 5.02 Å². The Hall–Kier alpha value is -2.09. The number of halogens is 4. The van der Waals surface area contributed by atoms with E-state index in [1.807, 2.05) is 0 Å². The van der Waals surface area contributed by atoms with Gasteiger partial charge in [-0.25, -0.2) is 0 Å². The van der Waals surface area contributed by atoms with Crippen LogP contribution < -0.4 is 5.32 Å². The number of benzene rings is 1. The van der Waals surface area contributed by atoms with Gasteiger partial charge in [0.2, 0.25) is 0 Å². The van der Waals surface area contributed by atoms with Crippen molar-refractivity contribution in [3.63, 3.8) is 0 Å². The average molecular weight is 305 g/mol. The fourth-order valence-corrected chi connectivity index (χ4v) is 1.71. The van der Waals surface area contributed by atoms with E-state index in [0.29, 0.717) is 0 Å². The van der Waals surface area contributed by atoms with Crippen molar-refractivity contribution in [2.75, 3.05) is 5.32 Å². The first-order valence-corrected chi connectivity index (χ1v) is 5.72. The molecule has 0 atom stereocenters. The van der Waals surface area contributed by atoms with Gasteiger partial charge in [-0.1, -0.05) is 11.6 Å². The Morgan fingerprint density at radius 3 is 2.60 bits per heavy atom. The van der Waals surface area contributed by atoms with Gasteiger partial charge in [0.25, 0.3) is 5.91 Å². The zero-order chi connectivity index (χ0) is 14.9. The molecule has 20 heavy (non-hydrogen) atoms. The van der Waals surface area contributed by atoms with Gasteiger partial charge in [-0.15, -0.1) is 0 Å². The van der Waals surface area contributed by atoms with Crippen LogP contribution >= 0.6 is 11.6 Å². The molecule has 2 aromatic rings. The van der Waals surface area contributed by atoms with E-state index in [1.165, 1.54) is 13.0 Å². The maximum atomic E-state index is 12.9. The van der Waals surface area contributed by atoms with Crippen LogP contribution in [0, 0.1) is 6.92 Å². The zero-order valence-electron chi connectivity index (χ0n) is 10.0. The second-order valence-corrected chi connectivity index (χ2v) is 4.34. The first kappa shape index (κ1) is 14.3. The Kier molecular flexibility index (Phi) is 3.67. The van der Waals surface area contributed by atoms with Crippen LogP contribution in [0.15, 0.2) is 18.2 Å². The van der Waals surface area contributed by atoms with Gasteiger partial charge in [0.05, 0.1) is 16.9 Å². The predicted octanol–water partition coefficient (Wildman–Crippen LogP) is 3.04. The number of carbonyl (C=O) groups is 1. The van der Waals surface area contributed by atoms with Gasteiger partial charge in [0.15, 0.2) is 5.69 Å². The number of aromatic nitrogens is 3. The number of aromatic amines is 1. The van der Waals surface area contributed by atoms with Crippen LogP contribution in [0.5, 0.6) is 0 Å². The van der Waals surface area contributed by atoms with E-state index in [4.69, 9.17) is 11.6 Å². The lowest BCUT2D eigenvalue weighted by molar-refractivity contribution is -0.136. The summed E-state index contributed by atoms with van der Waals surface area (Å²) >= 11 is 5.54. The molecule has 1 aromatic carbocycles. The molecule has 0 aliphatic rings. The van der Waals surface area contributed by atoms with Gasteiger partial charge in [-0.05, 0) is 25.1 Å². The largest absolute Gasteiger partial charge is 0.418 e. The Morgan fingerprint density at radius 2 is 2.05 bits per heavy atom. The van der Waals surface area contributed by atoms with Crippen molar-refractivity contribution >= 4 is 23.2 Å². The Morgan fingerprint density at radius 1 is 1.35 bits per heavy atom. The molecule has 1 heterocycles. The molecule has 0 bridgehead atoms. The number of alkyl halides is 3. The number of nitrogens with one attached hydrogen (secondary N) is 2. The molecule has 2 N–H and O–H groups in total. The highest BCUT2D eigenvalue weighted by Crippen LogP contribution is 2.36. The number of aryl methyl sites for hydroxylation is 1. The molecule has 1 amide bonds. The first-order chi connectivity index (χ1) is 9.29.